The van der Waals surface area contributed by atoms with E-state index < -0.39 is 0 Å². The monoisotopic (exact) mass is 312 g/mol. The zero-order valence-electron chi connectivity index (χ0n) is 11.6. The highest BCUT2D eigenvalue weighted by Crippen LogP contribution is 2.21. The summed E-state index contributed by atoms with van der Waals surface area (Å²) >= 11 is 12.2. The molecule has 0 aliphatic heterocycles. The third kappa shape index (κ3) is 4.20. The average Bonchev–Trinajstić information content (AvgIpc) is 2.81. The predicted molar refractivity (Wildman–Crippen MR) is 82.1 cm³/mol. The fourth-order valence-corrected chi connectivity index (χ4v) is 2.23. The lowest BCUT2D eigenvalue weighted by molar-refractivity contribution is 0.523. The summed E-state index contributed by atoms with van der Waals surface area (Å²) in [6, 6.07) is 5.43. The van der Waals surface area contributed by atoms with Gasteiger partial charge in [-0.15, -0.1) is 0 Å². The van der Waals surface area contributed by atoms with Gasteiger partial charge in [0.05, 0.1) is 13.1 Å². The van der Waals surface area contributed by atoms with Gasteiger partial charge in [0, 0.05) is 10.0 Å². The summed E-state index contributed by atoms with van der Waals surface area (Å²) in [7, 11) is 0. The molecule has 108 valence electrons. The van der Waals surface area contributed by atoms with Crippen molar-refractivity contribution in [3.05, 3.63) is 46.0 Å². The van der Waals surface area contributed by atoms with Crippen molar-refractivity contribution >= 4 is 23.2 Å². The molecule has 0 unspecified atom stereocenters. The number of hydrogen-bond acceptors (Lipinski definition) is 3. The van der Waals surface area contributed by atoms with Gasteiger partial charge in [-0.2, -0.15) is 5.10 Å². The Labute approximate surface area is 129 Å². The number of aromatic nitrogens is 3. The van der Waals surface area contributed by atoms with Crippen LogP contribution in [-0.4, -0.2) is 21.3 Å². The molecule has 2 rings (SSSR count). The molecule has 0 saturated heterocycles. The van der Waals surface area contributed by atoms with Crippen molar-refractivity contribution in [1.82, 2.24) is 20.1 Å². The van der Waals surface area contributed by atoms with E-state index in [2.05, 4.69) is 29.2 Å². The molecule has 4 nitrogen and oxygen atoms in total. The van der Waals surface area contributed by atoms with Gasteiger partial charge < -0.3 is 5.32 Å². The second-order valence-corrected chi connectivity index (χ2v) is 5.94. The lowest BCUT2D eigenvalue weighted by Gasteiger charge is -2.10. The number of rotatable bonds is 6. The van der Waals surface area contributed by atoms with Crippen LogP contribution in [-0.2, 0) is 13.1 Å². The Bertz CT molecular complexity index is 566. The van der Waals surface area contributed by atoms with Crippen molar-refractivity contribution < 1.29 is 0 Å². The molecule has 0 saturated carbocycles. The molecule has 0 aliphatic rings. The van der Waals surface area contributed by atoms with Gasteiger partial charge in [-0.1, -0.05) is 37.0 Å². The van der Waals surface area contributed by atoms with E-state index >= 15 is 0 Å². The van der Waals surface area contributed by atoms with Crippen LogP contribution in [0.5, 0.6) is 0 Å². The SMILES string of the molecule is CC(C)CNCc1ncnn1Cc1cc(Cl)ccc1Cl. The minimum Gasteiger partial charge on any atom is -0.310 e. The lowest BCUT2D eigenvalue weighted by Crippen LogP contribution is -2.22. The van der Waals surface area contributed by atoms with Gasteiger partial charge >= 0.3 is 0 Å². The topological polar surface area (TPSA) is 42.7 Å². The molecule has 0 amide bonds. The number of hydrogen-bond donors (Lipinski definition) is 1. The molecule has 1 heterocycles. The first-order chi connectivity index (χ1) is 9.56. The summed E-state index contributed by atoms with van der Waals surface area (Å²) < 4.78 is 1.84. The van der Waals surface area contributed by atoms with E-state index in [0.29, 0.717) is 29.1 Å². The van der Waals surface area contributed by atoms with E-state index in [-0.39, 0.29) is 0 Å². The van der Waals surface area contributed by atoms with Crippen LogP contribution in [0.4, 0.5) is 0 Å². The molecule has 0 bridgehead atoms. The van der Waals surface area contributed by atoms with Gasteiger partial charge in [0.2, 0.25) is 0 Å². The third-order valence-corrected chi connectivity index (χ3v) is 3.46. The molecule has 1 aromatic carbocycles. The van der Waals surface area contributed by atoms with Crippen molar-refractivity contribution in [1.29, 1.82) is 0 Å². The van der Waals surface area contributed by atoms with Gasteiger partial charge in [0.15, 0.2) is 0 Å². The molecular weight excluding hydrogens is 295 g/mol. The summed E-state index contributed by atoms with van der Waals surface area (Å²) in [4.78, 5) is 4.27. The predicted octanol–water partition coefficient (Wildman–Crippen LogP) is 3.38. The molecule has 0 spiro atoms. The normalized spacial score (nSPS) is 11.2. The van der Waals surface area contributed by atoms with Crippen molar-refractivity contribution in [3.8, 4) is 0 Å². The van der Waals surface area contributed by atoms with Crippen LogP contribution in [0.2, 0.25) is 10.0 Å². The maximum atomic E-state index is 6.18. The van der Waals surface area contributed by atoms with Crippen molar-refractivity contribution in [2.75, 3.05) is 6.54 Å². The molecule has 0 fully saturated rings. The molecule has 2 aromatic rings. The minimum absolute atomic E-state index is 0.568. The quantitative estimate of drug-likeness (QED) is 0.889. The Balaban J connectivity index is 2.06. The summed E-state index contributed by atoms with van der Waals surface area (Å²) in [5.74, 6) is 1.50. The molecule has 20 heavy (non-hydrogen) atoms. The fourth-order valence-electron chi connectivity index (χ4n) is 1.86. The van der Waals surface area contributed by atoms with Crippen LogP contribution in [0.3, 0.4) is 0 Å². The van der Waals surface area contributed by atoms with Crippen LogP contribution in [0, 0.1) is 5.92 Å². The van der Waals surface area contributed by atoms with Crippen LogP contribution in [0.25, 0.3) is 0 Å². The first kappa shape index (κ1) is 15.3. The third-order valence-electron chi connectivity index (χ3n) is 2.86. The van der Waals surface area contributed by atoms with Crippen LogP contribution >= 0.6 is 23.2 Å². The molecule has 1 N–H and O–H groups in total. The maximum Gasteiger partial charge on any atom is 0.141 e. The van der Waals surface area contributed by atoms with E-state index in [1.165, 1.54) is 0 Å². The first-order valence-electron chi connectivity index (χ1n) is 6.57. The summed E-state index contributed by atoms with van der Waals surface area (Å²) in [5, 5.41) is 8.96. The highest BCUT2D eigenvalue weighted by Gasteiger charge is 2.08. The zero-order chi connectivity index (χ0) is 14.5. The molecule has 1 aromatic heterocycles. The summed E-state index contributed by atoms with van der Waals surface area (Å²) in [6.07, 6.45) is 1.56. The molecule has 0 aliphatic carbocycles. The second kappa shape index (κ2) is 7.07. The Morgan fingerprint density at radius 3 is 2.85 bits per heavy atom. The van der Waals surface area contributed by atoms with Crippen LogP contribution in [0.15, 0.2) is 24.5 Å². The van der Waals surface area contributed by atoms with E-state index in [0.717, 1.165) is 17.9 Å². The number of halogens is 2. The maximum absolute atomic E-state index is 6.18. The van der Waals surface area contributed by atoms with Crippen molar-refractivity contribution in [3.63, 3.8) is 0 Å². The average molecular weight is 313 g/mol. The van der Waals surface area contributed by atoms with Crippen molar-refractivity contribution in [2.45, 2.75) is 26.9 Å². The van der Waals surface area contributed by atoms with Crippen LogP contribution < -0.4 is 5.32 Å². The van der Waals surface area contributed by atoms with E-state index in [4.69, 9.17) is 23.2 Å². The number of nitrogens with zero attached hydrogens (tertiary/aromatic N) is 3. The first-order valence-corrected chi connectivity index (χ1v) is 7.33. The van der Waals surface area contributed by atoms with Gasteiger partial charge in [0.1, 0.15) is 12.2 Å². The Kier molecular flexibility index (Phi) is 5.40. The van der Waals surface area contributed by atoms with Crippen molar-refractivity contribution in [2.24, 2.45) is 5.92 Å². The molecule has 6 heteroatoms. The fraction of sp³-hybridized carbons (Fsp3) is 0.429. The molecule has 0 radical (unpaired) electrons. The second-order valence-electron chi connectivity index (χ2n) is 5.09. The Morgan fingerprint density at radius 1 is 1.30 bits per heavy atom. The summed E-state index contributed by atoms with van der Waals surface area (Å²) in [5.41, 5.74) is 0.940. The van der Waals surface area contributed by atoms with E-state index in [1.807, 2.05) is 10.7 Å². The largest absolute Gasteiger partial charge is 0.310 e. The molecular formula is C14H18Cl2N4. The summed E-state index contributed by atoms with van der Waals surface area (Å²) in [6.45, 7) is 6.55. The number of nitrogens with one attached hydrogen (secondary N) is 1. The number of benzene rings is 1. The van der Waals surface area contributed by atoms with E-state index in [1.54, 1.807) is 18.5 Å². The van der Waals surface area contributed by atoms with Gasteiger partial charge in [-0.05, 0) is 36.2 Å². The highest BCUT2D eigenvalue weighted by atomic mass is 35.5. The van der Waals surface area contributed by atoms with E-state index in [9.17, 15) is 0 Å². The minimum atomic E-state index is 0.568. The van der Waals surface area contributed by atoms with Gasteiger partial charge in [-0.25, -0.2) is 9.67 Å². The molecule has 0 atom stereocenters. The van der Waals surface area contributed by atoms with Crippen LogP contribution in [0.1, 0.15) is 25.2 Å². The van der Waals surface area contributed by atoms with Gasteiger partial charge in [0.25, 0.3) is 0 Å². The lowest BCUT2D eigenvalue weighted by atomic mass is 10.2. The highest BCUT2D eigenvalue weighted by molar-refractivity contribution is 6.33. The standard InChI is InChI=1S/C14H18Cl2N4/c1-10(2)6-17-7-14-18-9-19-20(14)8-11-5-12(15)3-4-13(11)16/h3-5,9-10,17H,6-8H2,1-2H3. The smallest absolute Gasteiger partial charge is 0.141 e. The van der Waals surface area contributed by atoms with Gasteiger partial charge in [-0.3, -0.25) is 0 Å². The Hall–Kier alpha value is -1.10. The Morgan fingerprint density at radius 2 is 2.10 bits per heavy atom. The zero-order valence-corrected chi connectivity index (χ0v) is 13.1.